The van der Waals surface area contributed by atoms with Crippen LogP contribution in [0.5, 0.6) is 0 Å². The molecule has 2 aromatic carbocycles. The maximum Gasteiger partial charge on any atom is 0.408 e. The van der Waals surface area contributed by atoms with Crippen LogP contribution in [0.4, 0.5) is 33.0 Å². The molecule has 0 spiro atoms. The first kappa shape index (κ1) is 30.7. The maximum absolute atomic E-state index is 4.34. The van der Waals surface area contributed by atoms with Gasteiger partial charge in [0.05, 0.1) is 24.3 Å². The van der Waals surface area contributed by atoms with Crippen molar-refractivity contribution in [3.63, 3.8) is 0 Å². The van der Waals surface area contributed by atoms with E-state index >= 15 is 0 Å². The van der Waals surface area contributed by atoms with Crippen molar-refractivity contribution in [3.8, 4) is 0 Å². The smallest absolute Gasteiger partial charge is 0.408 e. The molecule has 0 radical (unpaired) electrons. The van der Waals surface area contributed by atoms with E-state index in [1.54, 1.807) is 22.7 Å². The van der Waals surface area contributed by atoms with Gasteiger partial charge in [0, 0.05) is 49.3 Å². The third-order valence-corrected chi connectivity index (χ3v) is 7.27. The van der Waals surface area contributed by atoms with Gasteiger partial charge in [-0.1, -0.05) is 0 Å². The van der Waals surface area contributed by atoms with Gasteiger partial charge in [-0.05, 0) is 87.9 Å². The number of rotatable bonds is 10. The Hall–Kier alpha value is -2.54. The van der Waals surface area contributed by atoms with Crippen LogP contribution in [-0.4, -0.2) is 27.2 Å². The number of benzene rings is 2. The second kappa shape index (κ2) is 15.0. The quantitative estimate of drug-likeness (QED) is 0.180. The molecule has 0 amide bonds. The fourth-order valence-electron chi connectivity index (χ4n) is 3.40. The molecule has 37 heavy (non-hydrogen) atoms. The lowest BCUT2D eigenvalue weighted by Crippen LogP contribution is -3.00. The van der Waals surface area contributed by atoms with Gasteiger partial charge in [-0.15, -0.1) is 0 Å². The monoisotopic (exact) mass is 664 g/mol. The van der Waals surface area contributed by atoms with Crippen LogP contribution in [0, 0.1) is 0 Å². The minimum Gasteiger partial charge on any atom is -1.00 e. The number of halogens is 2. The Bertz CT molecular complexity index is 1190. The number of hydrogen-bond donors (Lipinski definition) is 0. The third kappa shape index (κ3) is 8.77. The number of aryl methyl sites for hydroxylation is 2. The summed E-state index contributed by atoms with van der Waals surface area (Å²) in [7, 11) is 8.18. The van der Waals surface area contributed by atoms with Crippen LogP contribution >= 0.6 is 22.7 Å². The predicted octanol–water partition coefficient (Wildman–Crippen LogP) is 0.260. The van der Waals surface area contributed by atoms with Crippen molar-refractivity contribution in [2.24, 2.45) is 34.6 Å². The molecule has 0 saturated heterocycles. The van der Waals surface area contributed by atoms with Gasteiger partial charge in [0.25, 0.3) is 0 Å². The van der Waals surface area contributed by atoms with Crippen LogP contribution in [0.15, 0.2) is 92.1 Å². The molecule has 8 nitrogen and oxygen atoms in total. The Kier molecular flexibility index (Phi) is 12.4. The number of thiazole rings is 2. The molecule has 4 aromatic rings. The predicted molar refractivity (Wildman–Crippen MR) is 143 cm³/mol. The summed E-state index contributed by atoms with van der Waals surface area (Å²) in [6, 6.07) is 16.4. The summed E-state index contributed by atoms with van der Waals surface area (Å²) in [5.74, 6) is 0. The molecule has 2 heterocycles. The molecule has 4 rings (SSSR count). The fraction of sp³-hybridized carbons (Fsp3) is 0.280. The first-order valence-electron chi connectivity index (χ1n) is 11.3. The molecule has 0 bridgehead atoms. The summed E-state index contributed by atoms with van der Waals surface area (Å²) in [5.41, 5.74) is 4.04. The van der Waals surface area contributed by atoms with E-state index in [2.05, 4.69) is 68.6 Å². The average Bonchev–Trinajstić information content (AvgIpc) is 3.49. The van der Waals surface area contributed by atoms with Crippen LogP contribution in [0.3, 0.4) is 0 Å². The van der Waals surface area contributed by atoms with Crippen molar-refractivity contribution in [2.45, 2.75) is 6.42 Å². The maximum atomic E-state index is 4.34. The molecular formula is C25H30Br2N8S2. The average molecular weight is 667 g/mol. The largest absolute Gasteiger partial charge is 1.00 e. The van der Waals surface area contributed by atoms with Crippen molar-refractivity contribution in [3.05, 3.63) is 71.7 Å². The lowest BCUT2D eigenvalue weighted by molar-refractivity contribution is -0.654. The van der Waals surface area contributed by atoms with Gasteiger partial charge in [0.15, 0.2) is 0 Å². The van der Waals surface area contributed by atoms with Crippen molar-refractivity contribution in [1.82, 2.24) is 0 Å². The number of azo groups is 2. The number of hydrogen-bond acceptors (Lipinski definition) is 8. The second-order valence-electron chi connectivity index (χ2n) is 8.22. The molecule has 0 aliphatic rings. The summed E-state index contributed by atoms with van der Waals surface area (Å²) in [6.07, 6.45) is 4.99. The first-order chi connectivity index (χ1) is 17.0. The summed E-state index contributed by atoms with van der Waals surface area (Å²) in [5, 5.41) is 23.1. The molecule has 0 fully saturated rings. The first-order valence-corrected chi connectivity index (χ1v) is 13.1. The highest BCUT2D eigenvalue weighted by Gasteiger charge is 2.09. The Morgan fingerprint density at radius 3 is 1.32 bits per heavy atom. The van der Waals surface area contributed by atoms with Crippen LogP contribution in [-0.2, 0) is 14.1 Å². The van der Waals surface area contributed by atoms with Gasteiger partial charge in [-0.3, -0.25) is 0 Å². The Labute approximate surface area is 247 Å². The molecule has 0 aliphatic carbocycles. The van der Waals surface area contributed by atoms with E-state index < -0.39 is 0 Å². The zero-order chi connectivity index (χ0) is 24.6. The van der Waals surface area contributed by atoms with E-state index in [-0.39, 0.29) is 34.0 Å². The second-order valence-corrected chi connectivity index (χ2v) is 9.97. The molecule has 0 atom stereocenters. The minimum atomic E-state index is 0. The lowest BCUT2D eigenvalue weighted by Gasteiger charge is -2.23. The van der Waals surface area contributed by atoms with Gasteiger partial charge < -0.3 is 43.8 Å². The van der Waals surface area contributed by atoms with Gasteiger partial charge in [-0.25, -0.2) is 9.13 Å². The van der Waals surface area contributed by atoms with Gasteiger partial charge in [0.1, 0.15) is 23.8 Å². The van der Waals surface area contributed by atoms with Crippen molar-refractivity contribution in [2.75, 3.05) is 37.0 Å². The molecule has 12 heteroatoms. The zero-order valence-corrected chi connectivity index (χ0v) is 26.0. The van der Waals surface area contributed by atoms with E-state index in [1.807, 2.05) is 70.6 Å². The molecule has 0 N–H and O–H groups in total. The highest BCUT2D eigenvalue weighted by Crippen LogP contribution is 2.24. The van der Waals surface area contributed by atoms with E-state index in [4.69, 9.17) is 0 Å². The Balaban J connectivity index is 0.00000241. The number of nitrogens with zero attached hydrogens (tertiary/aromatic N) is 8. The van der Waals surface area contributed by atoms with E-state index in [0.717, 1.165) is 41.1 Å². The molecule has 0 aliphatic heterocycles. The summed E-state index contributed by atoms with van der Waals surface area (Å²) in [6.45, 7) is 1.92. The van der Waals surface area contributed by atoms with Crippen molar-refractivity contribution in [1.29, 1.82) is 0 Å². The standard InChI is InChI=1S/C25H30N8S2.2BrH/c1-30(22-10-6-20(7-11-22)26-28-24-32(3)16-18-34-24)14-5-15-31(2)23-12-8-21(9-13-23)27-29-25-33(4)17-19-35-25;;/h6-13,16-19H,5,14-15H2,1-4H3;2*1H/q+2;;/p-2. The van der Waals surface area contributed by atoms with E-state index in [9.17, 15) is 0 Å². The fourth-order valence-corrected chi connectivity index (χ4v) is 4.76. The van der Waals surface area contributed by atoms with E-state index in [0.29, 0.717) is 0 Å². The Morgan fingerprint density at radius 1 is 0.622 bits per heavy atom. The lowest BCUT2D eigenvalue weighted by atomic mass is 10.2. The zero-order valence-electron chi connectivity index (χ0n) is 21.2. The Morgan fingerprint density at radius 2 is 1.00 bits per heavy atom. The topological polar surface area (TPSA) is 63.7 Å². The van der Waals surface area contributed by atoms with Gasteiger partial charge in [0.2, 0.25) is 0 Å². The van der Waals surface area contributed by atoms with Crippen LogP contribution in [0.1, 0.15) is 6.42 Å². The normalized spacial score (nSPS) is 10.9. The highest BCUT2D eigenvalue weighted by atomic mass is 79.9. The number of aromatic nitrogens is 2. The number of anilines is 2. The summed E-state index contributed by atoms with van der Waals surface area (Å²) < 4.78 is 3.92. The van der Waals surface area contributed by atoms with Crippen molar-refractivity contribution < 1.29 is 43.1 Å². The molecule has 196 valence electrons. The van der Waals surface area contributed by atoms with E-state index in [1.165, 1.54) is 11.4 Å². The highest BCUT2D eigenvalue weighted by molar-refractivity contribution is 7.13. The third-order valence-electron chi connectivity index (χ3n) is 5.59. The van der Waals surface area contributed by atoms with Crippen LogP contribution < -0.4 is 52.9 Å². The van der Waals surface area contributed by atoms with Gasteiger partial charge >= 0.3 is 10.3 Å². The van der Waals surface area contributed by atoms with Crippen LogP contribution in [0.2, 0.25) is 0 Å². The summed E-state index contributed by atoms with van der Waals surface area (Å²) >= 11 is 3.14. The van der Waals surface area contributed by atoms with Crippen LogP contribution in [0.25, 0.3) is 0 Å². The molecular weight excluding hydrogens is 636 g/mol. The molecule has 0 saturated carbocycles. The molecule has 2 aromatic heterocycles. The summed E-state index contributed by atoms with van der Waals surface area (Å²) in [4.78, 5) is 4.53. The molecule has 0 unspecified atom stereocenters. The van der Waals surface area contributed by atoms with Crippen molar-refractivity contribution >= 4 is 55.7 Å². The minimum absolute atomic E-state index is 0. The SMILES string of the molecule is CN(CCCN(C)c1ccc(N=Nc2scc[n+]2C)cc1)c1ccc(N=Nc2scc[n+]2C)cc1.[Br-].[Br-]. The van der Waals surface area contributed by atoms with Gasteiger partial charge in [-0.2, -0.15) is 0 Å².